The summed E-state index contributed by atoms with van der Waals surface area (Å²) in [4.78, 5) is 35.0. The van der Waals surface area contributed by atoms with E-state index in [1.165, 1.54) is 41.4 Å². The Bertz CT molecular complexity index is 1930. The molecule has 0 saturated heterocycles. The van der Waals surface area contributed by atoms with E-state index in [9.17, 15) is 30.3 Å². The normalized spacial score (nSPS) is 10.3. The van der Waals surface area contributed by atoms with Gasteiger partial charge in [-0.25, -0.2) is 0 Å². The minimum atomic E-state index is -0.960. The van der Waals surface area contributed by atoms with Crippen LogP contribution in [0.3, 0.4) is 0 Å². The zero-order valence-corrected chi connectivity index (χ0v) is 28.3. The molecule has 0 N–H and O–H groups in total. The van der Waals surface area contributed by atoms with Crippen LogP contribution < -0.4 is 20.7 Å². The van der Waals surface area contributed by atoms with E-state index < -0.39 is 45.4 Å². The van der Waals surface area contributed by atoms with Crippen molar-refractivity contribution in [2.75, 3.05) is 7.11 Å². The second kappa shape index (κ2) is 16.3. The van der Waals surface area contributed by atoms with Crippen molar-refractivity contribution in [3.05, 3.63) is 169 Å². The third kappa shape index (κ3) is 8.06. The third-order valence-corrected chi connectivity index (χ3v) is 9.74. The maximum atomic E-state index is 11.4. The number of nitro groups is 3. The second-order valence-electron chi connectivity index (χ2n) is 9.88. The van der Waals surface area contributed by atoms with Gasteiger partial charge in [-0.3, -0.25) is 35.3 Å². The molecule has 6 rings (SSSR count). The van der Waals surface area contributed by atoms with E-state index >= 15 is 0 Å². The van der Waals surface area contributed by atoms with Crippen molar-refractivity contribution in [2.45, 2.75) is 0 Å². The molecular formula is C34H26AuN5O7P+. The number of non-ortho nitro benzene ring substituents is 1. The van der Waals surface area contributed by atoms with Crippen molar-refractivity contribution < 1.29 is 41.9 Å². The molecule has 1 heterocycles. The summed E-state index contributed by atoms with van der Waals surface area (Å²) in [5.41, 5.74) is -2.71. The number of aromatic nitrogens is 1. The fourth-order valence-corrected chi connectivity index (χ4v) is 7.50. The maximum absolute atomic E-state index is 11.4. The number of hydrogen-bond acceptors (Lipinski definition) is 8. The SMILES string of the molecule is COc1ccc([N-]c2c([N+](=O)[O-])cc([N+](=O)[O-])cc2[N+](=O)[O-])c2ncccc12.[Au+].c1ccc([PH+](c2ccccc2)c2ccccc2)cc1. The molecule has 48 heavy (non-hydrogen) atoms. The number of hydrogen-bond donors (Lipinski definition) is 0. The molecule has 0 atom stereocenters. The number of nitrogens with zero attached hydrogens (tertiary/aromatic N) is 5. The van der Waals surface area contributed by atoms with E-state index in [-0.39, 0.29) is 28.1 Å². The molecule has 0 saturated carbocycles. The smallest absolute Gasteiger partial charge is 0.645 e. The monoisotopic (exact) mass is 844 g/mol. The molecule has 0 aliphatic rings. The zero-order chi connectivity index (χ0) is 33.3. The van der Waals surface area contributed by atoms with Gasteiger partial charge >= 0.3 is 22.4 Å². The van der Waals surface area contributed by atoms with Crippen molar-refractivity contribution in [1.29, 1.82) is 0 Å². The van der Waals surface area contributed by atoms with Gasteiger partial charge < -0.3 is 10.1 Å². The maximum Gasteiger partial charge on any atom is 1.00 e. The van der Waals surface area contributed by atoms with Crippen LogP contribution in [0.2, 0.25) is 0 Å². The number of rotatable bonds is 9. The van der Waals surface area contributed by atoms with E-state index in [4.69, 9.17) is 4.74 Å². The molecule has 0 aliphatic carbocycles. The molecule has 244 valence electrons. The summed E-state index contributed by atoms with van der Waals surface area (Å²) in [6, 6.07) is 40.0. The van der Waals surface area contributed by atoms with Crippen LogP contribution in [0.4, 0.5) is 28.4 Å². The Balaban J connectivity index is 0.000000227. The second-order valence-corrected chi connectivity index (χ2v) is 12.4. The molecule has 0 bridgehead atoms. The van der Waals surface area contributed by atoms with Gasteiger partial charge in [-0.05, 0) is 54.6 Å². The van der Waals surface area contributed by atoms with Crippen LogP contribution in [-0.2, 0) is 22.4 Å². The molecular weight excluding hydrogens is 818 g/mol. The molecule has 12 nitrogen and oxygen atoms in total. The Morgan fingerprint density at radius 2 is 1.12 bits per heavy atom. The quantitative estimate of drug-likeness (QED) is 0.0626. The molecule has 6 aromatic rings. The average Bonchev–Trinajstić information content (AvgIpc) is 3.10. The van der Waals surface area contributed by atoms with Crippen LogP contribution in [0.1, 0.15) is 0 Å². The molecule has 0 fully saturated rings. The van der Waals surface area contributed by atoms with E-state index in [1.807, 2.05) is 0 Å². The van der Waals surface area contributed by atoms with E-state index in [0.717, 1.165) is 0 Å². The van der Waals surface area contributed by atoms with Gasteiger partial charge in [0.2, 0.25) is 0 Å². The Morgan fingerprint density at radius 3 is 1.54 bits per heavy atom. The minimum absolute atomic E-state index is 0. The zero-order valence-electron chi connectivity index (χ0n) is 25.1. The number of fused-ring (bicyclic) bond motifs is 1. The average molecular weight is 845 g/mol. The fourth-order valence-electron chi connectivity index (χ4n) is 4.92. The van der Waals surface area contributed by atoms with Gasteiger partial charge in [-0.2, -0.15) is 0 Å². The third-order valence-electron chi connectivity index (χ3n) is 7.01. The Hall–Kier alpha value is -5.52. The summed E-state index contributed by atoms with van der Waals surface area (Å²) in [7, 11) is 0.572. The molecule has 0 amide bonds. The summed E-state index contributed by atoms with van der Waals surface area (Å²) in [5.74, 6) is 0.467. The summed E-state index contributed by atoms with van der Waals surface area (Å²) >= 11 is 0. The van der Waals surface area contributed by atoms with E-state index in [2.05, 4.69) is 101 Å². The Labute approximate surface area is 291 Å². The van der Waals surface area contributed by atoms with Crippen LogP contribution in [0, 0.1) is 30.3 Å². The first-order chi connectivity index (χ1) is 22.8. The number of benzene rings is 5. The van der Waals surface area contributed by atoms with Crippen LogP contribution in [0.25, 0.3) is 16.2 Å². The fraction of sp³-hybridized carbons (Fsp3) is 0.0294. The molecule has 14 heteroatoms. The summed E-state index contributed by atoms with van der Waals surface area (Å²) in [5, 5.41) is 42.7. The largest absolute Gasteiger partial charge is 1.00 e. The summed E-state index contributed by atoms with van der Waals surface area (Å²) in [6.45, 7) is 0. The number of ether oxygens (including phenoxy) is 1. The number of pyridine rings is 1. The van der Waals surface area contributed by atoms with Gasteiger partial charge in [-0.15, -0.1) is 5.69 Å². The topological polar surface area (TPSA) is 166 Å². The van der Waals surface area contributed by atoms with Crippen molar-refractivity contribution in [3.63, 3.8) is 0 Å². The summed E-state index contributed by atoms with van der Waals surface area (Å²) < 4.78 is 5.23. The van der Waals surface area contributed by atoms with Gasteiger partial charge in [0.15, 0.2) is 0 Å². The number of methoxy groups -OCH3 is 1. The Morgan fingerprint density at radius 1 is 0.646 bits per heavy atom. The summed E-state index contributed by atoms with van der Waals surface area (Å²) in [6.07, 6.45) is 1.46. The first kappa shape index (κ1) is 35.3. The first-order valence-corrected chi connectivity index (χ1v) is 15.6. The Kier molecular flexibility index (Phi) is 12.0. The standard InChI is InChI=1S/C18H15P.C16H10N5O7.Au/c1-4-10-16(11-5-1)19(17-12-6-2-7-13-17)18-14-8-3-9-15-18;1-28-14-5-4-11(15-10(14)3-2-6-17-15)18-16-12(20(24)25)7-9(19(22)23)8-13(16)21(26)27;/h1-15H;2-8H,1H3;/q;-1;+1/p+1. The van der Waals surface area contributed by atoms with Crippen LogP contribution >= 0.6 is 7.92 Å². The molecule has 0 aliphatic heterocycles. The van der Waals surface area contributed by atoms with Gasteiger partial charge in [0.05, 0.1) is 47.5 Å². The first-order valence-electron chi connectivity index (χ1n) is 14.1. The van der Waals surface area contributed by atoms with Crippen molar-refractivity contribution >= 4 is 63.2 Å². The van der Waals surface area contributed by atoms with Crippen LogP contribution in [0.5, 0.6) is 5.75 Å². The molecule has 0 unspecified atom stereocenters. The van der Waals surface area contributed by atoms with Gasteiger partial charge in [0.25, 0.3) is 17.1 Å². The van der Waals surface area contributed by atoms with E-state index in [0.29, 0.717) is 28.8 Å². The predicted octanol–water partition coefficient (Wildman–Crippen LogP) is 7.48. The van der Waals surface area contributed by atoms with E-state index in [1.54, 1.807) is 12.1 Å². The van der Waals surface area contributed by atoms with Crippen LogP contribution in [-0.4, -0.2) is 26.9 Å². The van der Waals surface area contributed by atoms with Gasteiger partial charge in [0, 0.05) is 17.3 Å². The van der Waals surface area contributed by atoms with Gasteiger partial charge in [0.1, 0.15) is 21.7 Å². The molecule has 5 aromatic carbocycles. The van der Waals surface area contributed by atoms with Gasteiger partial charge in [-0.1, -0.05) is 60.7 Å². The van der Waals surface area contributed by atoms with Crippen LogP contribution in [0.15, 0.2) is 134 Å². The predicted molar refractivity (Wildman–Crippen MR) is 184 cm³/mol. The molecule has 0 spiro atoms. The molecule has 1 aromatic heterocycles. The van der Waals surface area contributed by atoms with Crippen molar-refractivity contribution in [3.8, 4) is 5.75 Å². The van der Waals surface area contributed by atoms with Crippen molar-refractivity contribution in [1.82, 2.24) is 4.98 Å². The molecule has 0 radical (unpaired) electrons. The minimum Gasteiger partial charge on any atom is -0.645 e. The number of nitro benzene ring substituents is 3. The van der Waals surface area contributed by atoms with Crippen molar-refractivity contribution in [2.24, 2.45) is 0 Å².